The minimum absolute atomic E-state index is 0.194. The van der Waals surface area contributed by atoms with Crippen LogP contribution in [0.1, 0.15) is 46.3 Å². The molecule has 2 aromatic heterocycles. The highest BCUT2D eigenvalue weighted by atomic mass is 32.1. The molecule has 7 rings (SSSR count). The number of aromatic nitrogens is 2. The van der Waals surface area contributed by atoms with E-state index < -0.39 is 11.9 Å². The maximum absolute atomic E-state index is 12.9. The normalized spacial score (nSPS) is 15.8. The lowest BCUT2D eigenvalue weighted by Crippen LogP contribution is -2.52. The first-order valence-electron chi connectivity index (χ1n) is 16.9. The Hall–Kier alpha value is -5.13. The largest absolute Gasteiger partial charge is 0.491 e. The molecule has 0 radical (unpaired) electrons. The number of fused-ring (bicyclic) bond motifs is 2. The van der Waals surface area contributed by atoms with Gasteiger partial charge in [0.05, 0.1) is 16.8 Å². The van der Waals surface area contributed by atoms with E-state index in [0.29, 0.717) is 44.1 Å². The van der Waals surface area contributed by atoms with Crippen LogP contribution >= 0.6 is 11.3 Å². The summed E-state index contributed by atoms with van der Waals surface area (Å²) in [6.07, 6.45) is 4.29. The zero-order valence-electron chi connectivity index (χ0n) is 28.4. The third-order valence-electron chi connectivity index (χ3n) is 9.19. The SMILES string of the molecule is Cc1cc(-c2ccc(N(C)C)nc2)ccc1-c1nc2ccc(CCCOCCOc3ccc4c(c3)CN(C3CCC(=O)NC3=O)C4=O)cc2s1. The smallest absolute Gasteiger partial charge is 0.255 e. The molecule has 2 aliphatic heterocycles. The third kappa shape index (κ3) is 7.10. The van der Waals surface area contributed by atoms with Gasteiger partial charge in [-0.15, -0.1) is 11.3 Å². The summed E-state index contributed by atoms with van der Waals surface area (Å²) in [5.41, 5.74) is 8.21. The van der Waals surface area contributed by atoms with Gasteiger partial charge in [-0.05, 0) is 90.9 Å². The molecule has 1 N–H and O–H groups in total. The van der Waals surface area contributed by atoms with E-state index in [9.17, 15) is 14.4 Å². The fourth-order valence-corrected chi connectivity index (χ4v) is 7.60. The first-order valence-corrected chi connectivity index (χ1v) is 17.7. The molecule has 1 saturated heterocycles. The number of thiazole rings is 1. The summed E-state index contributed by atoms with van der Waals surface area (Å²) in [7, 11) is 3.98. The Kier molecular flexibility index (Phi) is 9.60. The van der Waals surface area contributed by atoms with E-state index in [1.54, 1.807) is 23.5 Å². The van der Waals surface area contributed by atoms with Gasteiger partial charge in [-0.3, -0.25) is 19.7 Å². The van der Waals surface area contributed by atoms with E-state index in [-0.39, 0.29) is 18.2 Å². The molecule has 10 nitrogen and oxygen atoms in total. The number of aryl methyl sites for hydroxylation is 2. The number of anilines is 1. The second-order valence-electron chi connectivity index (χ2n) is 12.9. The van der Waals surface area contributed by atoms with Gasteiger partial charge in [0.1, 0.15) is 29.2 Å². The molecular formula is C39H39N5O5S. The zero-order chi connectivity index (χ0) is 34.8. The number of nitrogens with one attached hydrogen (secondary N) is 1. The number of amides is 3. The van der Waals surface area contributed by atoms with Crippen molar-refractivity contribution < 1.29 is 23.9 Å². The monoisotopic (exact) mass is 689 g/mol. The predicted molar refractivity (Wildman–Crippen MR) is 194 cm³/mol. The van der Waals surface area contributed by atoms with Crippen LogP contribution in [-0.2, 0) is 27.3 Å². The molecule has 0 aliphatic carbocycles. The summed E-state index contributed by atoms with van der Waals surface area (Å²) in [6.45, 7) is 3.91. The molecule has 0 saturated carbocycles. The molecule has 4 heterocycles. The van der Waals surface area contributed by atoms with Gasteiger partial charge >= 0.3 is 0 Å². The summed E-state index contributed by atoms with van der Waals surface area (Å²) < 4.78 is 12.9. The number of carbonyl (C=O) groups is 3. The van der Waals surface area contributed by atoms with Gasteiger partial charge in [-0.25, -0.2) is 9.97 Å². The van der Waals surface area contributed by atoms with Crippen molar-refractivity contribution in [2.24, 2.45) is 0 Å². The minimum Gasteiger partial charge on any atom is -0.491 e. The molecule has 3 amide bonds. The zero-order valence-corrected chi connectivity index (χ0v) is 29.2. The van der Waals surface area contributed by atoms with Crippen molar-refractivity contribution in [2.45, 2.75) is 45.2 Å². The number of carbonyl (C=O) groups excluding carboxylic acids is 3. The lowest BCUT2D eigenvalue weighted by Gasteiger charge is -2.29. The standard InChI is InChI=1S/C39H39N5O5S/c1-24-19-26(27-8-14-35(40-22-27)43(2)3)7-10-30(24)38-41-32-12-6-25(20-34(32)50-38)5-4-16-48-17-18-49-29-9-11-31-28(21-29)23-44(39(31)47)33-13-15-36(45)42-37(33)46/h6-12,14,19-22,33H,4-5,13,15-18,23H2,1-3H3,(H,42,45,46). The van der Waals surface area contributed by atoms with E-state index in [2.05, 4.69) is 59.7 Å². The average molecular weight is 690 g/mol. The quantitative estimate of drug-likeness (QED) is 0.122. The van der Waals surface area contributed by atoms with Crippen molar-refractivity contribution in [3.8, 4) is 27.4 Å². The number of hydrogen-bond donors (Lipinski definition) is 1. The Morgan fingerprint density at radius 3 is 2.56 bits per heavy atom. The molecule has 256 valence electrons. The van der Waals surface area contributed by atoms with Crippen LogP contribution < -0.4 is 15.0 Å². The lowest BCUT2D eigenvalue weighted by molar-refractivity contribution is -0.136. The topological polar surface area (TPSA) is 114 Å². The van der Waals surface area contributed by atoms with Crippen molar-refractivity contribution in [2.75, 3.05) is 38.8 Å². The van der Waals surface area contributed by atoms with Crippen molar-refractivity contribution in [1.82, 2.24) is 20.2 Å². The van der Waals surface area contributed by atoms with E-state index in [1.165, 1.54) is 20.7 Å². The maximum atomic E-state index is 12.9. The van der Waals surface area contributed by atoms with Crippen LogP contribution in [0.3, 0.4) is 0 Å². The Balaban J connectivity index is 0.867. The molecule has 0 bridgehead atoms. The molecule has 2 aliphatic rings. The number of hydrogen-bond acceptors (Lipinski definition) is 9. The molecule has 50 heavy (non-hydrogen) atoms. The second-order valence-corrected chi connectivity index (χ2v) is 14.0. The molecule has 5 aromatic rings. The average Bonchev–Trinajstić information content (AvgIpc) is 3.67. The molecular weight excluding hydrogens is 651 g/mol. The number of ether oxygens (including phenoxy) is 2. The van der Waals surface area contributed by atoms with Crippen molar-refractivity contribution in [3.63, 3.8) is 0 Å². The highest BCUT2D eigenvalue weighted by Gasteiger charge is 2.39. The van der Waals surface area contributed by atoms with Gasteiger partial charge in [0, 0.05) is 56.6 Å². The number of nitrogens with zero attached hydrogens (tertiary/aromatic N) is 4. The van der Waals surface area contributed by atoms with Crippen LogP contribution in [0.25, 0.3) is 31.9 Å². The number of piperidine rings is 1. The van der Waals surface area contributed by atoms with E-state index in [1.807, 2.05) is 37.3 Å². The Morgan fingerprint density at radius 1 is 0.940 bits per heavy atom. The van der Waals surface area contributed by atoms with Crippen LogP contribution in [0.15, 0.2) is 72.9 Å². The van der Waals surface area contributed by atoms with Gasteiger partial charge < -0.3 is 19.3 Å². The summed E-state index contributed by atoms with van der Waals surface area (Å²) in [5, 5.41) is 3.35. The summed E-state index contributed by atoms with van der Waals surface area (Å²) in [6, 6.07) is 21.9. The van der Waals surface area contributed by atoms with E-state index >= 15 is 0 Å². The van der Waals surface area contributed by atoms with E-state index in [0.717, 1.165) is 51.4 Å². The number of pyridine rings is 1. The molecule has 1 atom stereocenters. The minimum atomic E-state index is -0.629. The third-order valence-corrected chi connectivity index (χ3v) is 10.2. The fourth-order valence-electron chi connectivity index (χ4n) is 6.48. The number of rotatable bonds is 12. The summed E-state index contributed by atoms with van der Waals surface area (Å²) >= 11 is 1.72. The van der Waals surface area contributed by atoms with Crippen molar-refractivity contribution >= 4 is 45.1 Å². The van der Waals surface area contributed by atoms with Gasteiger partial charge in [0.2, 0.25) is 11.8 Å². The Labute approximate surface area is 295 Å². The molecule has 1 unspecified atom stereocenters. The van der Waals surface area contributed by atoms with Crippen LogP contribution in [-0.4, -0.2) is 72.5 Å². The van der Waals surface area contributed by atoms with Gasteiger partial charge in [0.15, 0.2) is 0 Å². The first kappa shape index (κ1) is 33.4. The second kappa shape index (κ2) is 14.4. The Morgan fingerprint density at radius 2 is 1.78 bits per heavy atom. The first-order chi connectivity index (χ1) is 24.2. The van der Waals surface area contributed by atoms with Crippen LogP contribution in [0.5, 0.6) is 5.75 Å². The highest BCUT2D eigenvalue weighted by Crippen LogP contribution is 2.35. The summed E-state index contributed by atoms with van der Waals surface area (Å²) in [4.78, 5) is 49.7. The molecule has 11 heteroatoms. The molecule has 0 spiro atoms. The number of imide groups is 1. The lowest BCUT2D eigenvalue weighted by atomic mass is 10.0. The highest BCUT2D eigenvalue weighted by molar-refractivity contribution is 7.21. The summed E-state index contributed by atoms with van der Waals surface area (Å²) in [5.74, 6) is 0.685. The van der Waals surface area contributed by atoms with Gasteiger partial charge in [-0.2, -0.15) is 0 Å². The van der Waals surface area contributed by atoms with E-state index in [4.69, 9.17) is 14.5 Å². The van der Waals surface area contributed by atoms with Gasteiger partial charge in [-0.1, -0.05) is 24.3 Å². The van der Waals surface area contributed by atoms with Crippen LogP contribution in [0.4, 0.5) is 5.82 Å². The molecule has 3 aromatic carbocycles. The van der Waals surface area contributed by atoms with Crippen LogP contribution in [0, 0.1) is 6.92 Å². The molecule has 1 fully saturated rings. The van der Waals surface area contributed by atoms with Crippen molar-refractivity contribution in [3.05, 3.63) is 95.2 Å². The predicted octanol–water partition coefficient (Wildman–Crippen LogP) is 6.19. The van der Waals surface area contributed by atoms with Crippen LogP contribution in [0.2, 0.25) is 0 Å². The van der Waals surface area contributed by atoms with Gasteiger partial charge in [0.25, 0.3) is 5.91 Å². The number of benzene rings is 3. The Bertz CT molecular complexity index is 2080. The van der Waals surface area contributed by atoms with Crippen molar-refractivity contribution in [1.29, 1.82) is 0 Å². The fraction of sp³-hybridized carbons (Fsp3) is 0.308. The maximum Gasteiger partial charge on any atom is 0.255 e.